The van der Waals surface area contributed by atoms with E-state index in [1.54, 1.807) is 0 Å². The van der Waals surface area contributed by atoms with Crippen molar-refractivity contribution in [3.63, 3.8) is 0 Å². The second-order valence-corrected chi connectivity index (χ2v) is 6.99. The van der Waals surface area contributed by atoms with E-state index < -0.39 is 0 Å². The van der Waals surface area contributed by atoms with Crippen LogP contribution in [-0.2, 0) is 13.0 Å². The van der Waals surface area contributed by atoms with E-state index in [0.29, 0.717) is 18.3 Å². The van der Waals surface area contributed by atoms with Crippen LogP contribution in [0.3, 0.4) is 0 Å². The number of hydrogen-bond acceptors (Lipinski definition) is 4. The van der Waals surface area contributed by atoms with Gasteiger partial charge in [-0.1, -0.05) is 6.07 Å². The van der Waals surface area contributed by atoms with Crippen LogP contribution in [0, 0.1) is 13.8 Å². The third-order valence-electron chi connectivity index (χ3n) is 4.24. The van der Waals surface area contributed by atoms with Gasteiger partial charge in [-0.3, -0.25) is 4.68 Å². The molecule has 0 aliphatic carbocycles. The van der Waals surface area contributed by atoms with Gasteiger partial charge in [0.1, 0.15) is 0 Å². The third kappa shape index (κ3) is 7.03. The lowest BCUT2D eigenvalue weighted by Crippen LogP contribution is -2.37. The Labute approximate surface area is 173 Å². The molecule has 2 N–H and O–H groups in total. The Balaban J connectivity index is 1.68. The number of rotatable bonds is 11. The van der Waals surface area contributed by atoms with Crippen molar-refractivity contribution in [1.29, 1.82) is 0 Å². The van der Waals surface area contributed by atoms with E-state index in [2.05, 4.69) is 34.8 Å². The minimum Gasteiger partial charge on any atom is -0.490 e. The molecular weight excluding hydrogens is 372 g/mol. The fourth-order valence-corrected chi connectivity index (χ4v) is 3.17. The van der Waals surface area contributed by atoms with E-state index in [0.717, 1.165) is 49.7 Å². The molecular formula is C21H32N4O2S. The lowest BCUT2D eigenvalue weighted by molar-refractivity contribution is 0.287. The molecule has 0 unspecified atom stereocenters. The van der Waals surface area contributed by atoms with E-state index in [4.69, 9.17) is 21.7 Å². The summed E-state index contributed by atoms with van der Waals surface area (Å²) in [7, 11) is 0. The maximum absolute atomic E-state index is 5.68. The van der Waals surface area contributed by atoms with Crippen LogP contribution in [0.4, 0.5) is 0 Å². The van der Waals surface area contributed by atoms with Gasteiger partial charge in [0.05, 0.1) is 18.9 Å². The van der Waals surface area contributed by atoms with E-state index >= 15 is 0 Å². The summed E-state index contributed by atoms with van der Waals surface area (Å²) in [5.74, 6) is 1.59. The summed E-state index contributed by atoms with van der Waals surface area (Å²) in [5, 5.41) is 11.7. The number of nitrogens with one attached hydrogen (secondary N) is 2. The van der Waals surface area contributed by atoms with Gasteiger partial charge in [-0.25, -0.2) is 0 Å². The second kappa shape index (κ2) is 11.5. The average Bonchev–Trinajstić information content (AvgIpc) is 2.98. The van der Waals surface area contributed by atoms with Crippen LogP contribution in [0.25, 0.3) is 0 Å². The normalized spacial score (nSPS) is 10.6. The Hall–Kier alpha value is -2.28. The molecule has 2 rings (SSSR count). The highest BCUT2D eigenvalue weighted by molar-refractivity contribution is 7.80. The van der Waals surface area contributed by atoms with Gasteiger partial charge in [0.25, 0.3) is 0 Å². The molecule has 0 amide bonds. The summed E-state index contributed by atoms with van der Waals surface area (Å²) in [4.78, 5) is 0. The lowest BCUT2D eigenvalue weighted by Gasteiger charge is -2.13. The van der Waals surface area contributed by atoms with Crippen LogP contribution in [0.1, 0.15) is 37.2 Å². The van der Waals surface area contributed by atoms with Crippen LogP contribution in [-0.4, -0.2) is 41.2 Å². The Morgan fingerprint density at radius 2 is 1.75 bits per heavy atom. The summed E-state index contributed by atoms with van der Waals surface area (Å²) in [6.07, 6.45) is 1.83. The molecule has 0 fully saturated rings. The van der Waals surface area contributed by atoms with Crippen molar-refractivity contribution in [2.24, 2.45) is 0 Å². The molecule has 1 heterocycles. The smallest absolute Gasteiger partial charge is 0.166 e. The number of benzene rings is 1. The van der Waals surface area contributed by atoms with Crippen LogP contribution in [0.2, 0.25) is 0 Å². The summed E-state index contributed by atoms with van der Waals surface area (Å²) in [6.45, 7) is 11.8. The molecule has 0 aliphatic heterocycles. The largest absolute Gasteiger partial charge is 0.490 e. The molecule has 0 aliphatic rings. The van der Waals surface area contributed by atoms with Gasteiger partial charge in [-0.15, -0.1) is 0 Å². The van der Waals surface area contributed by atoms with Crippen LogP contribution >= 0.6 is 12.2 Å². The zero-order valence-electron chi connectivity index (χ0n) is 17.4. The first-order valence-corrected chi connectivity index (χ1v) is 10.4. The summed E-state index contributed by atoms with van der Waals surface area (Å²) in [6, 6.07) is 8.18. The molecule has 0 saturated heterocycles. The highest BCUT2D eigenvalue weighted by atomic mass is 32.1. The first kappa shape index (κ1) is 22.0. The molecule has 2 aromatic rings. The third-order valence-corrected chi connectivity index (χ3v) is 4.53. The predicted molar refractivity (Wildman–Crippen MR) is 117 cm³/mol. The minimum atomic E-state index is 0.618. The summed E-state index contributed by atoms with van der Waals surface area (Å²) in [5.41, 5.74) is 3.44. The molecule has 0 saturated carbocycles. The second-order valence-electron chi connectivity index (χ2n) is 6.58. The van der Waals surface area contributed by atoms with E-state index in [1.807, 2.05) is 37.6 Å². The van der Waals surface area contributed by atoms with Crippen LogP contribution in [0.15, 0.2) is 24.3 Å². The fourth-order valence-electron chi connectivity index (χ4n) is 2.97. The number of thiocarbonyl (C=S) groups is 1. The molecule has 154 valence electrons. The zero-order chi connectivity index (χ0) is 20.4. The highest BCUT2D eigenvalue weighted by Gasteiger charge is 2.06. The number of ether oxygens (including phenoxy) is 2. The molecule has 7 heteroatoms. The van der Waals surface area contributed by atoms with Gasteiger partial charge in [-0.05, 0) is 76.5 Å². The van der Waals surface area contributed by atoms with Crippen molar-refractivity contribution in [1.82, 2.24) is 20.4 Å². The average molecular weight is 405 g/mol. The van der Waals surface area contributed by atoms with Crippen LogP contribution in [0.5, 0.6) is 11.5 Å². The molecule has 0 radical (unpaired) electrons. The molecule has 1 aromatic carbocycles. The van der Waals surface area contributed by atoms with Crippen LogP contribution < -0.4 is 20.1 Å². The van der Waals surface area contributed by atoms with Gasteiger partial charge in [0.2, 0.25) is 0 Å². The Morgan fingerprint density at radius 3 is 2.43 bits per heavy atom. The predicted octanol–water partition coefficient (Wildman–Crippen LogP) is 3.39. The molecule has 0 bridgehead atoms. The fraction of sp³-hybridized carbons (Fsp3) is 0.524. The lowest BCUT2D eigenvalue weighted by atomic mass is 10.1. The van der Waals surface area contributed by atoms with Gasteiger partial charge in [0, 0.05) is 25.3 Å². The van der Waals surface area contributed by atoms with Crippen molar-refractivity contribution in [3.05, 3.63) is 41.2 Å². The van der Waals surface area contributed by atoms with Crippen molar-refractivity contribution in [2.45, 2.75) is 47.1 Å². The molecule has 0 atom stereocenters. The number of aryl methyl sites for hydroxylation is 3. The van der Waals surface area contributed by atoms with E-state index in [1.165, 1.54) is 11.3 Å². The quantitative estimate of drug-likeness (QED) is 0.442. The first-order chi connectivity index (χ1) is 13.5. The van der Waals surface area contributed by atoms with Gasteiger partial charge in [0.15, 0.2) is 16.6 Å². The minimum absolute atomic E-state index is 0.618. The number of aromatic nitrogens is 2. The zero-order valence-corrected chi connectivity index (χ0v) is 18.2. The van der Waals surface area contributed by atoms with Crippen molar-refractivity contribution >= 4 is 17.3 Å². The monoisotopic (exact) mass is 404 g/mol. The molecule has 0 spiro atoms. The van der Waals surface area contributed by atoms with E-state index in [9.17, 15) is 0 Å². The van der Waals surface area contributed by atoms with Crippen molar-refractivity contribution in [3.8, 4) is 11.5 Å². The van der Waals surface area contributed by atoms with Gasteiger partial charge in [-0.2, -0.15) is 5.10 Å². The van der Waals surface area contributed by atoms with Crippen molar-refractivity contribution in [2.75, 3.05) is 26.3 Å². The molecule has 28 heavy (non-hydrogen) atoms. The van der Waals surface area contributed by atoms with E-state index in [-0.39, 0.29) is 0 Å². The Morgan fingerprint density at radius 1 is 1.04 bits per heavy atom. The Bertz CT molecular complexity index is 761. The Kier molecular flexibility index (Phi) is 9.07. The van der Waals surface area contributed by atoms with Gasteiger partial charge < -0.3 is 20.1 Å². The standard InChI is InChI=1S/C21H32N4O2S/c1-5-26-19-9-8-18(15-20(19)27-6-2)10-12-23-21(28)22-11-7-13-25-17(4)14-16(3)24-25/h8-9,14-15H,5-7,10-13H2,1-4H3,(H2,22,23,28). The molecule has 1 aromatic heterocycles. The van der Waals surface area contributed by atoms with Gasteiger partial charge >= 0.3 is 0 Å². The highest BCUT2D eigenvalue weighted by Crippen LogP contribution is 2.28. The summed E-state index contributed by atoms with van der Waals surface area (Å²) < 4.78 is 13.3. The first-order valence-electron chi connectivity index (χ1n) is 9.94. The SMILES string of the molecule is CCOc1ccc(CCNC(=S)NCCCn2nc(C)cc2C)cc1OCC. The maximum Gasteiger partial charge on any atom is 0.166 e. The number of nitrogens with zero attached hydrogens (tertiary/aromatic N) is 2. The van der Waals surface area contributed by atoms with Crippen molar-refractivity contribution < 1.29 is 9.47 Å². The maximum atomic E-state index is 5.68. The topological polar surface area (TPSA) is 60.3 Å². The molecule has 6 nitrogen and oxygen atoms in total. The summed E-state index contributed by atoms with van der Waals surface area (Å²) >= 11 is 5.36. The number of hydrogen-bond donors (Lipinski definition) is 2.